The van der Waals surface area contributed by atoms with Crippen molar-refractivity contribution in [3.05, 3.63) is 72.7 Å². The van der Waals surface area contributed by atoms with Gasteiger partial charge in [-0.05, 0) is 67.8 Å². The van der Waals surface area contributed by atoms with Crippen molar-refractivity contribution in [3.8, 4) is 22.6 Å². The number of methoxy groups -OCH3 is 1. The third-order valence-electron chi connectivity index (χ3n) is 6.92. The predicted octanol–water partition coefficient (Wildman–Crippen LogP) is 4.88. The summed E-state index contributed by atoms with van der Waals surface area (Å²) in [6.07, 6.45) is 7.02. The van der Waals surface area contributed by atoms with E-state index in [1.54, 1.807) is 48.1 Å². The molecule has 1 atom stereocenters. The van der Waals surface area contributed by atoms with E-state index in [4.69, 9.17) is 9.47 Å². The highest BCUT2D eigenvalue weighted by atomic mass is 32.2. The fourth-order valence-electron chi connectivity index (χ4n) is 5.13. The van der Waals surface area contributed by atoms with Gasteiger partial charge in [0, 0.05) is 54.1 Å². The standard InChI is InChI=1S/C29H31N3O5S/c1-20(2)37-23-5-7-24(8-6-23)38(34,35)32-13-11-22(18-32)27-19-31(14-15-33)28-16-21(4-9-25(27)28)26-17-30-12-10-29(26)36-3/h4-10,12,15-17,19-20,22H,11,13-14,18H2,1-3H3. The number of hydrogen-bond donors (Lipinski definition) is 0. The van der Waals surface area contributed by atoms with Crippen molar-refractivity contribution in [2.75, 3.05) is 20.2 Å². The summed E-state index contributed by atoms with van der Waals surface area (Å²) in [5.74, 6) is 1.38. The van der Waals surface area contributed by atoms with Crippen LogP contribution in [0.3, 0.4) is 0 Å². The maximum atomic E-state index is 13.4. The molecule has 0 aliphatic carbocycles. The van der Waals surface area contributed by atoms with Crippen LogP contribution in [-0.4, -0.2) is 54.9 Å². The molecule has 5 rings (SSSR count). The normalized spacial score (nSPS) is 16.3. The van der Waals surface area contributed by atoms with Crippen molar-refractivity contribution in [1.82, 2.24) is 13.9 Å². The summed E-state index contributed by atoms with van der Waals surface area (Å²) in [7, 11) is -2.01. The van der Waals surface area contributed by atoms with Crippen molar-refractivity contribution in [2.45, 2.75) is 43.7 Å². The molecule has 9 heteroatoms. The molecule has 0 spiro atoms. The smallest absolute Gasteiger partial charge is 0.243 e. The van der Waals surface area contributed by atoms with Gasteiger partial charge in [0.25, 0.3) is 0 Å². The molecule has 198 valence electrons. The molecule has 1 saturated heterocycles. The molecule has 1 fully saturated rings. The molecule has 8 nitrogen and oxygen atoms in total. The van der Waals surface area contributed by atoms with Gasteiger partial charge in [0.1, 0.15) is 17.8 Å². The van der Waals surface area contributed by atoms with Gasteiger partial charge in [-0.1, -0.05) is 12.1 Å². The first-order valence-electron chi connectivity index (χ1n) is 12.6. The zero-order valence-corrected chi connectivity index (χ0v) is 22.5. The average molecular weight is 534 g/mol. The lowest BCUT2D eigenvalue weighted by molar-refractivity contribution is -0.108. The van der Waals surface area contributed by atoms with E-state index in [9.17, 15) is 13.2 Å². The van der Waals surface area contributed by atoms with E-state index in [1.165, 1.54) is 0 Å². The number of nitrogens with zero attached hydrogens (tertiary/aromatic N) is 3. The fourth-order valence-corrected chi connectivity index (χ4v) is 6.63. The molecule has 0 N–H and O–H groups in total. The van der Waals surface area contributed by atoms with Crippen LogP contribution in [0.1, 0.15) is 31.7 Å². The summed E-state index contributed by atoms with van der Waals surface area (Å²) in [4.78, 5) is 16.0. The van der Waals surface area contributed by atoms with Crippen LogP contribution >= 0.6 is 0 Å². The molecule has 1 unspecified atom stereocenters. The Kier molecular flexibility index (Phi) is 7.23. The minimum absolute atomic E-state index is 0.0145. The Morgan fingerprint density at radius 2 is 1.92 bits per heavy atom. The Bertz CT molecular complexity index is 1560. The Balaban J connectivity index is 1.44. The van der Waals surface area contributed by atoms with Gasteiger partial charge in [0.15, 0.2) is 0 Å². The molecule has 2 aromatic carbocycles. The average Bonchev–Trinajstić information content (AvgIpc) is 3.54. The summed E-state index contributed by atoms with van der Waals surface area (Å²) >= 11 is 0. The number of aldehydes is 1. The first-order valence-corrected chi connectivity index (χ1v) is 14.1. The molecular weight excluding hydrogens is 502 g/mol. The maximum absolute atomic E-state index is 13.4. The molecule has 1 aliphatic heterocycles. The second-order valence-electron chi connectivity index (χ2n) is 9.70. The second-order valence-corrected chi connectivity index (χ2v) is 11.6. The van der Waals surface area contributed by atoms with E-state index in [-0.39, 0.29) is 23.5 Å². The molecule has 3 heterocycles. The van der Waals surface area contributed by atoms with Crippen molar-refractivity contribution in [2.24, 2.45) is 0 Å². The van der Waals surface area contributed by atoms with Crippen LogP contribution < -0.4 is 9.47 Å². The van der Waals surface area contributed by atoms with Crippen LogP contribution in [-0.2, 0) is 21.4 Å². The monoisotopic (exact) mass is 533 g/mol. The molecule has 38 heavy (non-hydrogen) atoms. The first-order chi connectivity index (χ1) is 18.3. The van der Waals surface area contributed by atoms with Gasteiger partial charge in [0.05, 0.1) is 24.7 Å². The van der Waals surface area contributed by atoms with E-state index in [2.05, 4.69) is 4.98 Å². The van der Waals surface area contributed by atoms with E-state index >= 15 is 0 Å². The van der Waals surface area contributed by atoms with Crippen molar-refractivity contribution >= 4 is 27.2 Å². The second kappa shape index (κ2) is 10.6. The van der Waals surface area contributed by atoms with Crippen LogP contribution in [0.2, 0.25) is 0 Å². The van der Waals surface area contributed by atoms with Crippen molar-refractivity contribution in [1.29, 1.82) is 0 Å². The number of ether oxygens (including phenoxy) is 2. The summed E-state index contributed by atoms with van der Waals surface area (Å²) in [5.41, 5.74) is 3.75. The van der Waals surface area contributed by atoms with Crippen LogP contribution in [0.5, 0.6) is 11.5 Å². The minimum atomic E-state index is -3.64. The van der Waals surface area contributed by atoms with Gasteiger partial charge in [-0.15, -0.1) is 0 Å². The number of pyridine rings is 1. The number of carbonyl (C=O) groups excluding carboxylic acids is 1. The van der Waals surface area contributed by atoms with Gasteiger partial charge in [0.2, 0.25) is 10.0 Å². The predicted molar refractivity (Wildman–Crippen MR) is 146 cm³/mol. The Hall–Kier alpha value is -3.69. The Morgan fingerprint density at radius 1 is 1.13 bits per heavy atom. The lowest BCUT2D eigenvalue weighted by Crippen LogP contribution is -2.28. The van der Waals surface area contributed by atoms with Crippen LogP contribution in [0, 0.1) is 0 Å². The summed E-state index contributed by atoms with van der Waals surface area (Å²) in [6, 6.07) is 14.5. The summed E-state index contributed by atoms with van der Waals surface area (Å²) in [5, 5.41) is 1.01. The molecule has 0 bridgehead atoms. The van der Waals surface area contributed by atoms with Gasteiger partial charge in [-0.2, -0.15) is 4.31 Å². The molecule has 0 radical (unpaired) electrons. The number of aromatic nitrogens is 2. The number of fused-ring (bicyclic) bond motifs is 1. The molecule has 0 saturated carbocycles. The SMILES string of the molecule is COc1ccncc1-c1ccc2c(C3CCN(S(=O)(=O)c4ccc(OC(C)C)cc4)C3)cn(CC=O)c2c1. The zero-order valence-electron chi connectivity index (χ0n) is 21.7. The topological polar surface area (TPSA) is 90.7 Å². The number of rotatable bonds is 9. The van der Waals surface area contributed by atoms with Crippen LogP contribution in [0.15, 0.2) is 72.0 Å². The highest BCUT2D eigenvalue weighted by molar-refractivity contribution is 7.89. The van der Waals surface area contributed by atoms with Gasteiger partial charge < -0.3 is 18.8 Å². The van der Waals surface area contributed by atoms with E-state index in [0.717, 1.165) is 33.9 Å². The summed E-state index contributed by atoms with van der Waals surface area (Å²) < 4.78 is 41.4. The largest absolute Gasteiger partial charge is 0.496 e. The third kappa shape index (κ3) is 4.91. The quantitative estimate of drug-likeness (QED) is 0.285. The lowest BCUT2D eigenvalue weighted by atomic mass is 9.96. The number of carbonyl (C=O) groups is 1. The van der Waals surface area contributed by atoms with Crippen molar-refractivity contribution in [3.63, 3.8) is 0 Å². The van der Waals surface area contributed by atoms with Gasteiger partial charge >= 0.3 is 0 Å². The van der Waals surface area contributed by atoms with E-state index < -0.39 is 10.0 Å². The highest BCUT2D eigenvalue weighted by Crippen LogP contribution is 2.38. The molecule has 0 amide bonds. The van der Waals surface area contributed by atoms with Gasteiger partial charge in [-0.3, -0.25) is 4.98 Å². The zero-order chi connectivity index (χ0) is 26.9. The molecule has 4 aromatic rings. The van der Waals surface area contributed by atoms with E-state index in [0.29, 0.717) is 31.0 Å². The highest BCUT2D eigenvalue weighted by Gasteiger charge is 2.34. The van der Waals surface area contributed by atoms with Crippen LogP contribution in [0.4, 0.5) is 0 Å². The number of sulfonamides is 1. The van der Waals surface area contributed by atoms with Crippen molar-refractivity contribution < 1.29 is 22.7 Å². The molecule has 1 aliphatic rings. The molecular formula is C29H31N3O5S. The van der Waals surface area contributed by atoms with Gasteiger partial charge in [-0.25, -0.2) is 8.42 Å². The first kappa shape index (κ1) is 25.9. The third-order valence-corrected chi connectivity index (χ3v) is 8.80. The Morgan fingerprint density at radius 3 is 2.63 bits per heavy atom. The maximum Gasteiger partial charge on any atom is 0.243 e. The minimum Gasteiger partial charge on any atom is -0.496 e. The fraction of sp³-hybridized carbons (Fsp3) is 0.310. The van der Waals surface area contributed by atoms with Crippen LogP contribution in [0.25, 0.3) is 22.0 Å². The van der Waals surface area contributed by atoms with E-state index in [1.807, 2.05) is 48.9 Å². The number of benzene rings is 2. The lowest BCUT2D eigenvalue weighted by Gasteiger charge is -2.17. The number of hydrogen-bond acceptors (Lipinski definition) is 6. The molecule has 2 aromatic heterocycles. The summed E-state index contributed by atoms with van der Waals surface area (Å²) in [6.45, 7) is 4.88. The Labute approximate surface area is 222 Å².